The molecule has 1 saturated heterocycles. The van der Waals surface area contributed by atoms with E-state index in [1.165, 1.54) is 6.92 Å². The molecule has 0 bridgehead atoms. The van der Waals surface area contributed by atoms with Crippen molar-refractivity contribution in [3.63, 3.8) is 0 Å². The molecule has 1 amide bonds. The van der Waals surface area contributed by atoms with Gasteiger partial charge < -0.3 is 9.30 Å². The van der Waals surface area contributed by atoms with Crippen LogP contribution in [0.1, 0.15) is 48.5 Å². The van der Waals surface area contributed by atoms with Gasteiger partial charge in [0.25, 0.3) is 0 Å². The third kappa shape index (κ3) is 3.26. The fraction of sp³-hybridized carbons (Fsp3) is 0.812. The van der Waals surface area contributed by atoms with Gasteiger partial charge in [0.1, 0.15) is 23.3 Å². The molecule has 5 nitrogen and oxygen atoms in total. The van der Waals surface area contributed by atoms with Gasteiger partial charge in [0, 0.05) is 0 Å². The summed E-state index contributed by atoms with van der Waals surface area (Å²) in [6, 6.07) is -0.773. The zero-order chi connectivity index (χ0) is 17.7. The number of carbonyl (C=O) groups is 3. The van der Waals surface area contributed by atoms with Crippen LogP contribution in [0.3, 0.4) is 0 Å². The number of β-lactam (4-membered cyclic amide) rings is 1. The molecule has 0 spiro atoms. The van der Waals surface area contributed by atoms with Crippen LogP contribution in [-0.2, 0) is 19.1 Å². The van der Waals surface area contributed by atoms with Gasteiger partial charge in [-0.2, -0.15) is 0 Å². The first-order valence-electron chi connectivity index (χ1n) is 7.68. The summed E-state index contributed by atoms with van der Waals surface area (Å²) in [5, 5.41) is -0.106. The van der Waals surface area contributed by atoms with Crippen LogP contribution in [-0.4, -0.2) is 42.1 Å². The highest BCUT2D eigenvalue weighted by Crippen LogP contribution is 2.45. The Bertz CT molecular complexity index is 499. The molecule has 0 N–H and O–H groups in total. The number of ketones is 1. The zero-order valence-electron chi connectivity index (χ0n) is 15.2. The number of amides is 1. The van der Waals surface area contributed by atoms with Crippen molar-refractivity contribution < 1.29 is 19.1 Å². The normalized spacial score (nSPS) is 23.1. The predicted molar refractivity (Wildman–Crippen MR) is 87.8 cm³/mol. The van der Waals surface area contributed by atoms with Crippen LogP contribution in [0.25, 0.3) is 0 Å². The Hall–Kier alpha value is -1.17. The Kier molecular flexibility index (Phi) is 4.70. The molecule has 2 atom stereocenters. The first kappa shape index (κ1) is 18.9. The molecule has 0 aromatic heterocycles. The van der Waals surface area contributed by atoms with Gasteiger partial charge in [0.15, 0.2) is 8.24 Å². The zero-order valence-corrected chi connectivity index (χ0v) is 16.2. The van der Waals surface area contributed by atoms with Crippen LogP contribution >= 0.6 is 0 Å². The number of rotatable bonds is 3. The van der Waals surface area contributed by atoms with E-state index in [0.29, 0.717) is 0 Å². The van der Waals surface area contributed by atoms with Crippen LogP contribution < -0.4 is 0 Å². The molecular formula is C16H29NO4Si. The van der Waals surface area contributed by atoms with E-state index in [-0.39, 0.29) is 16.7 Å². The lowest BCUT2D eigenvalue weighted by Crippen LogP contribution is -2.76. The Labute approximate surface area is 134 Å². The summed E-state index contributed by atoms with van der Waals surface area (Å²) >= 11 is 0. The third-order valence-electron chi connectivity index (χ3n) is 4.62. The van der Waals surface area contributed by atoms with E-state index in [0.717, 1.165) is 0 Å². The maximum absolute atomic E-state index is 12.5. The molecule has 126 valence electrons. The Morgan fingerprint density at radius 3 is 1.86 bits per heavy atom. The topological polar surface area (TPSA) is 63.7 Å². The van der Waals surface area contributed by atoms with Gasteiger partial charge in [-0.05, 0) is 32.7 Å². The third-order valence-corrected chi connectivity index (χ3v) is 10.00. The molecule has 1 aliphatic rings. The lowest BCUT2D eigenvalue weighted by atomic mass is 9.87. The highest BCUT2D eigenvalue weighted by Gasteiger charge is 2.62. The summed E-state index contributed by atoms with van der Waals surface area (Å²) in [6.45, 7) is 17.0. The van der Waals surface area contributed by atoms with Crippen LogP contribution in [0.5, 0.6) is 0 Å². The fourth-order valence-electron chi connectivity index (χ4n) is 2.47. The molecule has 1 heterocycles. The minimum atomic E-state index is -2.24. The van der Waals surface area contributed by atoms with Crippen molar-refractivity contribution >= 4 is 25.9 Å². The smallest absolute Gasteiger partial charge is 0.329 e. The standard InChI is InChI=1S/C16H29NO4Si/c1-10(18)11-12(14(20)21-15(2,3)4)17(13(11)19)22(8,9)16(5,6)7/h11-12H,1-9H3/t11?,12-/m0/s1. The number of ether oxygens (including phenoxy) is 1. The van der Waals surface area contributed by atoms with E-state index in [2.05, 4.69) is 33.9 Å². The highest BCUT2D eigenvalue weighted by molar-refractivity contribution is 6.80. The second-order valence-corrected chi connectivity index (χ2v) is 13.7. The molecule has 6 heteroatoms. The van der Waals surface area contributed by atoms with Crippen molar-refractivity contribution in [2.24, 2.45) is 5.92 Å². The van der Waals surface area contributed by atoms with E-state index in [1.54, 1.807) is 25.3 Å². The van der Waals surface area contributed by atoms with Crippen LogP contribution in [0.15, 0.2) is 0 Å². The van der Waals surface area contributed by atoms with Crippen LogP contribution in [0, 0.1) is 5.92 Å². The van der Waals surface area contributed by atoms with Gasteiger partial charge >= 0.3 is 5.97 Å². The van der Waals surface area contributed by atoms with Crippen LogP contribution in [0.2, 0.25) is 18.1 Å². The molecule has 0 aliphatic carbocycles. The Balaban J connectivity index is 3.19. The van der Waals surface area contributed by atoms with Gasteiger partial charge in [-0.15, -0.1) is 0 Å². The Morgan fingerprint density at radius 1 is 1.09 bits per heavy atom. The molecule has 1 aliphatic heterocycles. The molecule has 1 rings (SSSR count). The maximum Gasteiger partial charge on any atom is 0.329 e. The molecule has 0 aromatic rings. The average molecular weight is 327 g/mol. The lowest BCUT2D eigenvalue weighted by molar-refractivity contribution is -0.177. The van der Waals surface area contributed by atoms with Gasteiger partial charge in [-0.3, -0.25) is 9.59 Å². The van der Waals surface area contributed by atoms with E-state index >= 15 is 0 Å². The molecule has 0 aromatic carbocycles. The van der Waals surface area contributed by atoms with Gasteiger partial charge in [-0.1, -0.05) is 33.9 Å². The van der Waals surface area contributed by atoms with Gasteiger partial charge in [-0.25, -0.2) is 4.79 Å². The number of hydrogen-bond acceptors (Lipinski definition) is 4. The summed E-state index contributed by atoms with van der Waals surface area (Å²) in [6.07, 6.45) is 0. The molecule has 22 heavy (non-hydrogen) atoms. The first-order chi connectivity index (χ1) is 9.61. The minimum absolute atomic E-state index is 0.106. The second kappa shape index (κ2) is 5.48. The average Bonchev–Trinajstić information content (AvgIpc) is 2.19. The summed E-state index contributed by atoms with van der Waals surface area (Å²) in [5.74, 6) is -1.85. The summed E-state index contributed by atoms with van der Waals surface area (Å²) in [4.78, 5) is 36.8. The quantitative estimate of drug-likeness (QED) is 0.346. The van der Waals surface area contributed by atoms with Gasteiger partial charge in [0.2, 0.25) is 5.91 Å². The predicted octanol–water partition coefficient (Wildman–Crippen LogP) is 2.75. The molecule has 1 unspecified atom stereocenters. The summed E-state index contributed by atoms with van der Waals surface area (Å²) in [7, 11) is -2.24. The summed E-state index contributed by atoms with van der Waals surface area (Å²) < 4.78 is 7.11. The molecular weight excluding hydrogens is 298 g/mol. The van der Waals surface area contributed by atoms with E-state index in [1.807, 2.05) is 0 Å². The largest absolute Gasteiger partial charge is 0.458 e. The second-order valence-electron chi connectivity index (χ2n) is 8.58. The molecule has 1 fully saturated rings. The van der Waals surface area contributed by atoms with Crippen molar-refractivity contribution in [3.05, 3.63) is 0 Å². The van der Waals surface area contributed by atoms with Crippen molar-refractivity contribution in [1.82, 2.24) is 4.57 Å². The number of nitrogens with zero attached hydrogens (tertiary/aromatic N) is 1. The molecule has 0 radical (unpaired) electrons. The minimum Gasteiger partial charge on any atom is -0.458 e. The van der Waals surface area contributed by atoms with Crippen molar-refractivity contribution in [3.8, 4) is 0 Å². The number of carbonyl (C=O) groups excluding carboxylic acids is 3. The first-order valence-corrected chi connectivity index (χ1v) is 10.6. The summed E-state index contributed by atoms with van der Waals surface area (Å²) in [5.41, 5.74) is -0.643. The lowest BCUT2D eigenvalue weighted by Gasteiger charge is -2.56. The maximum atomic E-state index is 12.5. The number of hydrogen-bond donors (Lipinski definition) is 0. The van der Waals surface area contributed by atoms with E-state index < -0.39 is 31.8 Å². The monoisotopic (exact) mass is 327 g/mol. The van der Waals surface area contributed by atoms with Crippen LogP contribution in [0.4, 0.5) is 0 Å². The van der Waals surface area contributed by atoms with E-state index in [9.17, 15) is 14.4 Å². The van der Waals surface area contributed by atoms with Crippen molar-refractivity contribution in [2.75, 3.05) is 0 Å². The SMILES string of the molecule is CC(=O)C1C(=O)N([Si](C)(C)C(C)(C)C)[C@@H]1C(=O)OC(C)(C)C. The number of esters is 1. The molecule has 0 saturated carbocycles. The highest BCUT2D eigenvalue weighted by atomic mass is 28.3. The fourth-order valence-corrected chi connectivity index (χ4v) is 4.84. The Morgan fingerprint density at radius 2 is 1.55 bits per heavy atom. The number of Topliss-reactive ketones (excluding diaryl/α,β-unsaturated/α-hetero) is 1. The van der Waals surface area contributed by atoms with Gasteiger partial charge in [0.05, 0.1) is 0 Å². The van der Waals surface area contributed by atoms with E-state index in [4.69, 9.17) is 4.74 Å². The van der Waals surface area contributed by atoms with Crippen molar-refractivity contribution in [1.29, 1.82) is 0 Å². The van der Waals surface area contributed by atoms with Crippen molar-refractivity contribution in [2.45, 2.75) is 78.2 Å².